The van der Waals surface area contributed by atoms with E-state index < -0.39 is 11.8 Å². The van der Waals surface area contributed by atoms with Gasteiger partial charge in [-0.1, -0.05) is 55.3 Å². The van der Waals surface area contributed by atoms with Gasteiger partial charge in [-0.3, -0.25) is 9.59 Å². The number of hydrogen-bond acceptors (Lipinski definition) is 5. The highest BCUT2D eigenvalue weighted by Crippen LogP contribution is 2.36. The number of rotatable bonds is 10. The van der Waals surface area contributed by atoms with Crippen LogP contribution in [0.3, 0.4) is 0 Å². The lowest BCUT2D eigenvalue weighted by atomic mass is 10.2. The molecule has 2 N–H and O–H groups in total. The molecule has 0 saturated heterocycles. The first-order valence-corrected chi connectivity index (χ1v) is 10.2. The molecular weight excluding hydrogens is 406 g/mol. The topological polar surface area (TPSA) is 89.0 Å². The summed E-state index contributed by atoms with van der Waals surface area (Å²) in [4.78, 5) is 23.4. The summed E-state index contributed by atoms with van der Waals surface area (Å²) in [6.45, 7) is 5.07. The van der Waals surface area contributed by atoms with Gasteiger partial charge in [-0.15, -0.1) is 0 Å². The number of halogens is 1. The van der Waals surface area contributed by atoms with E-state index in [9.17, 15) is 9.59 Å². The fourth-order valence-electron chi connectivity index (χ4n) is 2.47. The molecule has 0 atom stereocenters. The molecule has 7 nitrogen and oxygen atoms in total. The Labute approximate surface area is 181 Å². The van der Waals surface area contributed by atoms with Crippen LogP contribution in [0.1, 0.15) is 37.8 Å². The average Bonchev–Trinajstić information content (AvgIpc) is 2.74. The van der Waals surface area contributed by atoms with Gasteiger partial charge < -0.3 is 14.8 Å². The summed E-state index contributed by atoms with van der Waals surface area (Å²) >= 11 is 6.38. The second-order valence-electron chi connectivity index (χ2n) is 6.35. The van der Waals surface area contributed by atoms with E-state index in [0.717, 1.165) is 18.4 Å². The minimum absolute atomic E-state index is 0.345. The molecule has 0 aliphatic rings. The number of amides is 2. The zero-order valence-electron chi connectivity index (χ0n) is 17.1. The lowest BCUT2D eigenvalue weighted by Crippen LogP contribution is -2.38. The van der Waals surface area contributed by atoms with Crippen LogP contribution >= 0.6 is 11.6 Å². The first-order valence-electron chi connectivity index (χ1n) is 9.79. The average molecular weight is 432 g/mol. The first kappa shape index (κ1) is 23.2. The number of benzene rings is 2. The zero-order chi connectivity index (χ0) is 21.8. The van der Waals surface area contributed by atoms with Gasteiger partial charge in [0.2, 0.25) is 0 Å². The standard InChI is InChI=1S/C22H26ClN3O4/c1-3-5-11-24-21(27)22(28)26-25-14-17-12-18(23)20(19(13-17)29-4-2)30-15-16-9-7-6-8-10-16/h6-10,12-14H,3-5,11,15H2,1-2H3,(H,24,27)(H,26,28)/b25-14-. The van der Waals surface area contributed by atoms with Crippen LogP contribution in [0.25, 0.3) is 0 Å². The Morgan fingerprint density at radius 3 is 2.57 bits per heavy atom. The minimum Gasteiger partial charge on any atom is -0.490 e. The van der Waals surface area contributed by atoms with Crippen LogP contribution in [0.2, 0.25) is 5.02 Å². The quantitative estimate of drug-likeness (QED) is 0.260. The molecule has 0 bridgehead atoms. The van der Waals surface area contributed by atoms with Gasteiger partial charge in [0.1, 0.15) is 6.61 Å². The Hall–Kier alpha value is -3.06. The summed E-state index contributed by atoms with van der Waals surface area (Å²) in [6, 6.07) is 13.0. The molecule has 0 spiro atoms. The van der Waals surface area contributed by atoms with Crippen molar-refractivity contribution in [3.05, 3.63) is 58.6 Å². The molecule has 0 aromatic heterocycles. The predicted octanol–water partition coefficient (Wildman–Crippen LogP) is 3.68. The van der Waals surface area contributed by atoms with E-state index in [1.54, 1.807) is 12.1 Å². The summed E-state index contributed by atoms with van der Waals surface area (Å²) in [6.07, 6.45) is 3.11. The van der Waals surface area contributed by atoms with E-state index >= 15 is 0 Å². The maximum absolute atomic E-state index is 11.7. The number of carbonyl (C=O) groups is 2. The van der Waals surface area contributed by atoms with Crippen molar-refractivity contribution in [3.63, 3.8) is 0 Å². The molecule has 0 saturated carbocycles. The SMILES string of the molecule is CCCCNC(=O)C(=O)N/N=C\c1cc(Cl)c(OCc2ccccc2)c(OCC)c1. The number of carbonyl (C=O) groups excluding carboxylic acids is 2. The molecule has 160 valence electrons. The van der Waals surface area contributed by atoms with E-state index in [4.69, 9.17) is 21.1 Å². The van der Waals surface area contributed by atoms with Crippen LogP contribution in [-0.2, 0) is 16.2 Å². The van der Waals surface area contributed by atoms with Crippen molar-refractivity contribution in [2.45, 2.75) is 33.3 Å². The zero-order valence-corrected chi connectivity index (χ0v) is 17.9. The number of unbranched alkanes of at least 4 members (excludes halogenated alkanes) is 1. The number of ether oxygens (including phenoxy) is 2. The van der Waals surface area contributed by atoms with Gasteiger partial charge in [0.15, 0.2) is 11.5 Å². The molecule has 0 fully saturated rings. The van der Waals surface area contributed by atoms with Crippen LogP contribution in [0.15, 0.2) is 47.6 Å². The molecule has 0 aliphatic carbocycles. The third kappa shape index (κ3) is 7.40. The highest BCUT2D eigenvalue weighted by atomic mass is 35.5. The van der Waals surface area contributed by atoms with Gasteiger partial charge in [-0.25, -0.2) is 5.43 Å². The Morgan fingerprint density at radius 2 is 1.87 bits per heavy atom. The van der Waals surface area contributed by atoms with Crippen LogP contribution in [0.5, 0.6) is 11.5 Å². The minimum atomic E-state index is -0.832. The fraction of sp³-hybridized carbons (Fsp3) is 0.318. The summed E-state index contributed by atoms with van der Waals surface area (Å²) in [5.41, 5.74) is 3.78. The van der Waals surface area contributed by atoms with Crippen molar-refractivity contribution in [3.8, 4) is 11.5 Å². The second-order valence-corrected chi connectivity index (χ2v) is 6.75. The van der Waals surface area contributed by atoms with Crippen molar-refractivity contribution in [1.82, 2.24) is 10.7 Å². The van der Waals surface area contributed by atoms with E-state index in [1.165, 1.54) is 6.21 Å². The van der Waals surface area contributed by atoms with Crippen molar-refractivity contribution in [1.29, 1.82) is 0 Å². The summed E-state index contributed by atoms with van der Waals surface area (Å²) in [7, 11) is 0. The van der Waals surface area contributed by atoms with Crippen LogP contribution < -0.4 is 20.2 Å². The fourth-order valence-corrected chi connectivity index (χ4v) is 2.74. The maximum Gasteiger partial charge on any atom is 0.329 e. The summed E-state index contributed by atoms with van der Waals surface area (Å²) in [5.74, 6) is -0.663. The Bertz CT molecular complexity index is 872. The largest absolute Gasteiger partial charge is 0.490 e. The van der Waals surface area contributed by atoms with E-state index in [1.807, 2.05) is 44.2 Å². The highest BCUT2D eigenvalue weighted by Gasteiger charge is 2.14. The Kier molecular flexibility index (Phi) is 9.67. The third-order valence-corrected chi connectivity index (χ3v) is 4.24. The molecule has 2 aromatic carbocycles. The van der Waals surface area contributed by atoms with Crippen LogP contribution in [0.4, 0.5) is 0 Å². The lowest BCUT2D eigenvalue weighted by molar-refractivity contribution is -0.139. The molecular formula is C22H26ClN3O4. The van der Waals surface area contributed by atoms with Crippen LogP contribution in [-0.4, -0.2) is 31.2 Å². The number of nitrogens with one attached hydrogen (secondary N) is 2. The molecule has 30 heavy (non-hydrogen) atoms. The maximum atomic E-state index is 11.7. The van der Waals surface area contributed by atoms with Crippen LogP contribution in [0, 0.1) is 0 Å². The normalized spacial score (nSPS) is 10.6. The van der Waals surface area contributed by atoms with Gasteiger partial charge in [0.25, 0.3) is 0 Å². The second kappa shape index (κ2) is 12.5. The monoisotopic (exact) mass is 431 g/mol. The van der Waals surface area contributed by atoms with E-state index in [0.29, 0.717) is 41.8 Å². The van der Waals surface area contributed by atoms with Crippen molar-refractivity contribution < 1.29 is 19.1 Å². The van der Waals surface area contributed by atoms with Gasteiger partial charge in [-0.05, 0) is 36.6 Å². The molecule has 8 heteroatoms. The number of hydrazone groups is 1. The van der Waals surface area contributed by atoms with Gasteiger partial charge >= 0.3 is 11.8 Å². The van der Waals surface area contributed by atoms with Crippen molar-refractivity contribution in [2.24, 2.45) is 5.10 Å². The Morgan fingerprint density at radius 1 is 1.10 bits per heavy atom. The number of hydrogen-bond donors (Lipinski definition) is 2. The molecule has 0 aliphatic heterocycles. The highest BCUT2D eigenvalue weighted by molar-refractivity contribution is 6.35. The van der Waals surface area contributed by atoms with Crippen molar-refractivity contribution in [2.75, 3.05) is 13.2 Å². The predicted molar refractivity (Wildman–Crippen MR) is 117 cm³/mol. The molecule has 0 heterocycles. The smallest absolute Gasteiger partial charge is 0.329 e. The lowest BCUT2D eigenvalue weighted by Gasteiger charge is -2.14. The van der Waals surface area contributed by atoms with Gasteiger partial charge in [0, 0.05) is 6.54 Å². The molecule has 2 rings (SSSR count). The molecule has 0 unspecified atom stereocenters. The van der Waals surface area contributed by atoms with E-state index in [2.05, 4.69) is 15.8 Å². The van der Waals surface area contributed by atoms with Gasteiger partial charge in [0.05, 0.1) is 17.8 Å². The Balaban J connectivity index is 2.03. The number of nitrogens with zero attached hydrogens (tertiary/aromatic N) is 1. The summed E-state index contributed by atoms with van der Waals surface area (Å²) < 4.78 is 11.5. The van der Waals surface area contributed by atoms with Gasteiger partial charge in [-0.2, -0.15) is 5.10 Å². The summed E-state index contributed by atoms with van der Waals surface area (Å²) in [5, 5.41) is 6.68. The van der Waals surface area contributed by atoms with Crippen molar-refractivity contribution >= 4 is 29.6 Å². The van der Waals surface area contributed by atoms with E-state index in [-0.39, 0.29) is 0 Å². The molecule has 0 radical (unpaired) electrons. The molecule has 2 amide bonds. The third-order valence-electron chi connectivity index (χ3n) is 3.96. The first-order chi connectivity index (χ1) is 14.5. The molecule has 2 aromatic rings.